The number of quaternary nitrogens is 2. The molecule has 3 heterocycles. The number of hydrogen-bond donors (Lipinski definition) is 5. The number of anilines is 2. The number of phosphoric acid groups is 2. The number of phosphoric ester groups is 2. The molecule has 0 radical (unpaired) electrons. The molecular weight excluding hydrogens is 1720 g/mol. The normalized spacial score (nSPS) is 15.7. The Morgan fingerprint density at radius 1 is 0.543 bits per heavy atom. The molecule has 127 heavy (non-hydrogen) atoms. The molecule has 692 valence electrons. The maximum Gasteiger partial charge on any atom is 1.00 e. The van der Waals surface area contributed by atoms with E-state index in [4.69, 9.17) is 38.4 Å². The number of nitrogens with two attached hydrogens (primary N) is 1. The van der Waals surface area contributed by atoms with Gasteiger partial charge < -0.3 is 92.1 Å². The predicted octanol–water partition coefficient (Wildman–Crippen LogP) is 3.58. The number of esters is 2. The summed E-state index contributed by atoms with van der Waals surface area (Å²) < 4.78 is 87.5. The number of nitrogens with one attached hydrogen (secondary N) is 2. The smallest absolute Gasteiger partial charge is 0.756 e. The first-order chi connectivity index (χ1) is 59.4. The zero-order valence-corrected chi connectivity index (χ0v) is 78.7. The topological polar surface area (TPSA) is 507 Å². The Bertz CT molecular complexity index is 4770. The Kier molecular flexibility index (Phi) is 47.4. The molecular formula is C87H119N8NaO28P2S. The fourth-order valence-electron chi connectivity index (χ4n) is 12.9. The molecule has 0 bridgehead atoms. The van der Waals surface area contributed by atoms with E-state index < -0.39 is 121 Å². The molecule has 40 heteroatoms. The number of unbranched alkanes of at least 4 members (excludes halogenated alkanes) is 3. The number of carbonyl (C=O) groups is 12. The average molecular weight is 1840 g/mol. The number of Topliss-reactive ketones (excluding diaryl/α,β-unsaturated/α-hetero) is 1. The maximum atomic E-state index is 13.5. The number of carbonyl (C=O) groups excluding carboxylic acids is 10. The van der Waals surface area contributed by atoms with Crippen molar-refractivity contribution in [3.63, 3.8) is 0 Å². The molecule has 36 nitrogen and oxygen atoms in total. The number of carboxylic acids is 2. The van der Waals surface area contributed by atoms with Crippen LogP contribution in [-0.2, 0) is 122 Å². The molecule has 0 spiro atoms. The van der Waals surface area contributed by atoms with Crippen molar-refractivity contribution < 1.29 is 171 Å². The summed E-state index contributed by atoms with van der Waals surface area (Å²) in [5.74, 6) is 1.45. The molecule has 6 N–H and O–H groups in total. The van der Waals surface area contributed by atoms with Gasteiger partial charge >= 0.3 is 59.4 Å². The SMILES string of the molecule is CCC(CC(C)C(=O)NCCCCCC(CC(=O)CCC(=O)N1Cc2ccccc2C#Cc2ccccc21)C(=O)O)C(=O)OCCOP(=O)([O-])OCC[N+](C)(C)C.CCC(CC(CC)C(=O)OCCOP(=O)([O-])OCC[N+](C)(C)C)C(=O)NCCCCC(N)C(=O)O.O=C(CCC(=O)N1Cc2ccccc2C#Cc2ccccc21)ON1C(=O)CC(S(=O)(=O)[O-])C1=O.[Na+]. The third-order valence-corrected chi connectivity index (χ3v) is 23.4. The summed E-state index contributed by atoms with van der Waals surface area (Å²) in [5.41, 5.74) is 11.3. The van der Waals surface area contributed by atoms with Crippen molar-refractivity contribution in [2.45, 2.75) is 168 Å². The molecule has 3 aliphatic rings. The summed E-state index contributed by atoms with van der Waals surface area (Å²) in [6, 6.07) is 28.5. The number of imide groups is 1. The number of benzene rings is 4. The van der Waals surface area contributed by atoms with Crippen LogP contribution in [0.2, 0.25) is 0 Å². The first-order valence-electron chi connectivity index (χ1n) is 41.8. The number of ketones is 1. The second-order valence-electron chi connectivity index (χ2n) is 32.4. The number of hydroxylamine groups is 2. The van der Waals surface area contributed by atoms with Crippen molar-refractivity contribution in [2.24, 2.45) is 35.3 Å². The van der Waals surface area contributed by atoms with E-state index in [9.17, 15) is 94.5 Å². The number of carboxylic acid groups (broad SMARTS) is 2. The molecule has 0 saturated carbocycles. The number of aliphatic carboxylic acids is 2. The van der Waals surface area contributed by atoms with Crippen molar-refractivity contribution in [3.05, 3.63) is 130 Å². The van der Waals surface area contributed by atoms with E-state index in [0.29, 0.717) is 128 Å². The molecule has 4 aromatic rings. The van der Waals surface area contributed by atoms with Crippen LogP contribution in [-0.4, -0.2) is 228 Å². The summed E-state index contributed by atoms with van der Waals surface area (Å²) in [6.07, 6.45) is 3.54. The van der Waals surface area contributed by atoms with Gasteiger partial charge in [-0.25, -0.2) is 13.2 Å². The zero-order chi connectivity index (χ0) is 93.5. The van der Waals surface area contributed by atoms with Crippen LogP contribution in [0.15, 0.2) is 97.1 Å². The van der Waals surface area contributed by atoms with E-state index in [-0.39, 0.29) is 149 Å². The van der Waals surface area contributed by atoms with E-state index in [0.717, 1.165) is 22.3 Å². The standard InChI is InChI=1S/C42H58N3O11P.C23H18N2O8S.C22H44N3O9P.Na/c1-6-32(42(51)54-26-27-56-57(52,53)55-25-24-45(3,4)5)28-31(2)40(48)43-23-13-7-8-16-35(41(49)50)29-37(46)21-22-39(47)44-30-36-17-10-9-14-33(36)19-20-34-15-11-12-18-38(34)44;26-20(11-12-22(28)33-25-21(27)13-19(23(25)29)34(30,31)32)24-14-17-7-2-1-5-15(17)9-10-16-6-3-4-8-18(16)24;1-6-17(20(26)24-11-9-8-10-19(23)21(27)28)16-18(7-2)22(29)32-14-15-34-35(30,31)33-13-12-25(3,4)5;/h9-12,14-15,17-18,31-32,35H,6-8,13,16,21-30H2,1-5H3,(H2-,43,48,49,50,52,53);1-8,19H,11-14H2,(H,30,31,32);17-19H,6-16,23H2,1-5H3,(H2-,24,26,27,28,30,31);/q;;;+1/p-1. The van der Waals surface area contributed by atoms with Gasteiger partial charge in [-0.1, -0.05) is 125 Å². The van der Waals surface area contributed by atoms with Crippen molar-refractivity contribution in [1.82, 2.24) is 15.7 Å². The fraction of sp³-hybridized carbons (Fsp3) is 0.540. The molecule has 6 amide bonds. The number of rotatable bonds is 50. The molecule has 3 aliphatic heterocycles. The fourth-order valence-corrected chi connectivity index (χ4v) is 14.9. The zero-order valence-electron chi connectivity index (χ0n) is 74.1. The minimum Gasteiger partial charge on any atom is -0.756 e. The number of likely N-dealkylation sites (N-methyl/N-ethyl adjacent to an activating group) is 2. The van der Waals surface area contributed by atoms with Gasteiger partial charge in [0, 0.05) is 72.9 Å². The Morgan fingerprint density at radius 2 is 0.961 bits per heavy atom. The molecule has 4 aromatic carbocycles. The van der Waals surface area contributed by atoms with Crippen molar-refractivity contribution >= 4 is 108 Å². The average Bonchev–Trinajstić information content (AvgIpc) is 1.57. The number of amides is 6. The molecule has 7 rings (SSSR count). The van der Waals surface area contributed by atoms with Crippen LogP contribution in [0.25, 0.3) is 0 Å². The number of nitrogens with zero attached hydrogens (tertiary/aromatic N) is 5. The van der Waals surface area contributed by atoms with Gasteiger partial charge in [0.1, 0.15) is 66.7 Å². The van der Waals surface area contributed by atoms with Crippen molar-refractivity contribution in [3.8, 4) is 23.7 Å². The Hall–Kier alpha value is -8.95. The van der Waals surface area contributed by atoms with Gasteiger partial charge in [0.2, 0.25) is 23.6 Å². The third kappa shape index (κ3) is 40.3. The van der Waals surface area contributed by atoms with Crippen molar-refractivity contribution in [2.75, 3.05) is 118 Å². The van der Waals surface area contributed by atoms with E-state index in [1.165, 1.54) is 4.90 Å². The van der Waals surface area contributed by atoms with Gasteiger partial charge in [0.25, 0.3) is 27.5 Å². The Balaban J connectivity index is 0.000000419. The number of ether oxygens (including phenoxy) is 2. The van der Waals surface area contributed by atoms with E-state index >= 15 is 0 Å². The van der Waals surface area contributed by atoms with Crippen LogP contribution in [0.5, 0.6) is 0 Å². The quantitative estimate of drug-likeness (QED) is 0.00616. The number of para-hydroxylation sites is 2. The van der Waals surface area contributed by atoms with E-state index in [2.05, 4.69) is 39.2 Å². The first-order valence-corrected chi connectivity index (χ1v) is 46.2. The predicted molar refractivity (Wildman–Crippen MR) is 456 cm³/mol. The third-order valence-electron chi connectivity index (χ3n) is 20.4. The monoisotopic (exact) mass is 1840 g/mol. The second-order valence-corrected chi connectivity index (χ2v) is 36.8. The second kappa shape index (κ2) is 54.5. The largest absolute Gasteiger partial charge is 1.00 e. The number of fused-ring (bicyclic) bond motifs is 4. The van der Waals surface area contributed by atoms with Gasteiger partial charge in [-0.3, -0.25) is 61.9 Å². The number of hydrogen-bond acceptors (Lipinski definition) is 27. The van der Waals surface area contributed by atoms with E-state index in [1.54, 1.807) is 43.0 Å². The van der Waals surface area contributed by atoms with Crippen LogP contribution in [0.3, 0.4) is 0 Å². The van der Waals surface area contributed by atoms with Crippen LogP contribution >= 0.6 is 15.6 Å². The molecule has 1 saturated heterocycles. The van der Waals surface area contributed by atoms with Crippen LogP contribution in [0.4, 0.5) is 11.4 Å². The molecule has 0 aliphatic carbocycles. The molecule has 0 aromatic heterocycles. The summed E-state index contributed by atoms with van der Waals surface area (Å²) in [4.78, 5) is 180. The Labute approximate surface area is 764 Å². The van der Waals surface area contributed by atoms with Crippen LogP contribution < -0.4 is 65.5 Å². The van der Waals surface area contributed by atoms with Gasteiger partial charge in [-0.2, -0.15) is 0 Å². The summed E-state index contributed by atoms with van der Waals surface area (Å²) in [5, 5.41) is 22.1. The minimum atomic E-state index is -5.08. The summed E-state index contributed by atoms with van der Waals surface area (Å²) in [7, 11) is -2.69. The van der Waals surface area contributed by atoms with Crippen LogP contribution in [0.1, 0.15) is 177 Å². The minimum absolute atomic E-state index is 0. The summed E-state index contributed by atoms with van der Waals surface area (Å²) >= 11 is 0. The molecule has 1 fully saturated rings. The molecule has 9 unspecified atom stereocenters. The van der Waals surface area contributed by atoms with Crippen LogP contribution in [0, 0.1) is 53.3 Å². The maximum absolute atomic E-state index is 13.5. The van der Waals surface area contributed by atoms with Gasteiger partial charge in [0.15, 0.2) is 0 Å². The van der Waals surface area contributed by atoms with Gasteiger partial charge in [-0.05, 0) is 112 Å². The van der Waals surface area contributed by atoms with E-state index in [1.807, 2.05) is 129 Å². The Morgan fingerprint density at radius 3 is 1.41 bits per heavy atom. The van der Waals surface area contributed by atoms with Gasteiger partial charge in [0.05, 0.1) is 111 Å². The van der Waals surface area contributed by atoms with Gasteiger partial charge in [-0.15, -0.1) is 5.06 Å². The molecule has 9 atom stereocenters. The first kappa shape index (κ1) is 110. The van der Waals surface area contributed by atoms with Crippen molar-refractivity contribution in [1.29, 1.82) is 0 Å². The summed E-state index contributed by atoms with van der Waals surface area (Å²) in [6.45, 7) is 8.07.